The molecule has 6 aromatic rings. The third-order valence-electron chi connectivity index (χ3n) is 10.1. The molecular formula is C42H44N4O2Pt. The number of para-hydroxylation sites is 1. The van der Waals surface area contributed by atoms with Gasteiger partial charge in [-0.15, -0.1) is 35.7 Å². The molecule has 0 spiro atoms. The molecule has 0 fully saturated rings. The smallest absolute Gasteiger partial charge is 0.509 e. The third kappa shape index (κ3) is 6.36. The van der Waals surface area contributed by atoms with Gasteiger partial charge in [-0.3, -0.25) is 4.68 Å². The van der Waals surface area contributed by atoms with Crippen molar-refractivity contribution in [2.45, 2.75) is 67.7 Å². The van der Waals surface area contributed by atoms with Crippen molar-refractivity contribution in [1.29, 1.82) is 0 Å². The minimum absolute atomic E-state index is 0. The van der Waals surface area contributed by atoms with E-state index < -0.39 is 0 Å². The summed E-state index contributed by atoms with van der Waals surface area (Å²) in [4.78, 5) is 4.68. The summed E-state index contributed by atoms with van der Waals surface area (Å²) in [5, 5.41) is 7.27. The summed E-state index contributed by atoms with van der Waals surface area (Å²) in [6, 6.07) is 27.4. The summed E-state index contributed by atoms with van der Waals surface area (Å²) in [6.07, 6.45) is 5.46. The van der Waals surface area contributed by atoms with E-state index in [1.54, 1.807) is 13.3 Å². The van der Waals surface area contributed by atoms with Gasteiger partial charge in [0.05, 0.1) is 12.8 Å². The standard InChI is InChI=1S/C42H44N4O2.Pt/c1-25-18-31(46-29(5)41(28(4)44-46)40-26(2)20-30(21-27(40)3)42(6,7)8)22-34(19-25)48-33-14-15-36-35-12-10-11-13-37(35)45(38(36)23-33)39-24-32(47-9)16-17-43-39;/h10-20,24,27,30,40H,21H2,1-9H3;/q-2;+2/t27-,30-,40?;/m0./s1. The Balaban J connectivity index is 0.00000417. The second-order valence-electron chi connectivity index (χ2n) is 14.6. The van der Waals surface area contributed by atoms with E-state index in [0.29, 0.717) is 29.3 Å². The summed E-state index contributed by atoms with van der Waals surface area (Å²) < 4.78 is 16.2. The molecule has 3 aromatic heterocycles. The number of ether oxygens (including phenoxy) is 2. The predicted octanol–water partition coefficient (Wildman–Crippen LogP) is 10.4. The van der Waals surface area contributed by atoms with Crippen LogP contribution in [0.15, 0.2) is 78.5 Å². The molecule has 1 aliphatic rings. The zero-order valence-electron chi connectivity index (χ0n) is 29.8. The molecule has 7 heteroatoms. The van der Waals surface area contributed by atoms with Gasteiger partial charge >= 0.3 is 21.1 Å². The Labute approximate surface area is 304 Å². The molecule has 0 saturated heterocycles. The SMILES string of the molecule is COc1ccnc(-n2c3[c-]c(Oc4[c-]c(-n5nc(C)c(C6C(C)=C[C@H](C(C)(C)C)C[C@@H]6C)c5C)cc(C)c4)ccc3c3ccccc32)c1.[Pt+2]. The van der Waals surface area contributed by atoms with Gasteiger partial charge in [0.25, 0.3) is 0 Å². The molecule has 6 nitrogen and oxygen atoms in total. The van der Waals surface area contributed by atoms with Crippen molar-refractivity contribution in [3.63, 3.8) is 0 Å². The minimum Gasteiger partial charge on any atom is -0.509 e. The van der Waals surface area contributed by atoms with Crippen LogP contribution >= 0.6 is 0 Å². The predicted molar refractivity (Wildman–Crippen MR) is 194 cm³/mol. The van der Waals surface area contributed by atoms with E-state index in [2.05, 4.69) is 113 Å². The zero-order chi connectivity index (χ0) is 33.9. The normalized spacial score (nSPS) is 18.0. The molecular weight excluding hydrogens is 788 g/mol. The fourth-order valence-corrected chi connectivity index (χ4v) is 7.70. The second kappa shape index (κ2) is 13.3. The molecule has 1 unspecified atom stereocenters. The van der Waals surface area contributed by atoms with Crippen LogP contribution in [0.1, 0.15) is 69.5 Å². The summed E-state index contributed by atoms with van der Waals surface area (Å²) in [5.41, 5.74) is 9.12. The van der Waals surface area contributed by atoms with Gasteiger partial charge in [0.2, 0.25) is 0 Å². The van der Waals surface area contributed by atoms with Gasteiger partial charge in [-0.1, -0.05) is 70.0 Å². The number of rotatable bonds is 6. The maximum Gasteiger partial charge on any atom is 2.00 e. The van der Waals surface area contributed by atoms with E-state index in [4.69, 9.17) is 14.6 Å². The number of aromatic nitrogens is 4. The quantitative estimate of drug-likeness (QED) is 0.124. The minimum atomic E-state index is 0. The van der Waals surface area contributed by atoms with Crippen LogP contribution in [0.2, 0.25) is 0 Å². The Morgan fingerprint density at radius 1 is 0.898 bits per heavy atom. The maximum absolute atomic E-state index is 6.51. The summed E-state index contributed by atoms with van der Waals surface area (Å²) >= 11 is 0. The Morgan fingerprint density at radius 2 is 1.67 bits per heavy atom. The van der Waals surface area contributed by atoms with Crippen molar-refractivity contribution in [3.05, 3.63) is 113 Å². The van der Waals surface area contributed by atoms with Crippen LogP contribution in [0.5, 0.6) is 17.2 Å². The molecule has 1 aliphatic carbocycles. The summed E-state index contributed by atoms with van der Waals surface area (Å²) in [6.45, 7) is 18.2. The first-order chi connectivity index (χ1) is 22.9. The van der Waals surface area contributed by atoms with Crippen molar-refractivity contribution in [2.75, 3.05) is 7.11 Å². The van der Waals surface area contributed by atoms with Crippen molar-refractivity contribution in [3.8, 4) is 28.8 Å². The van der Waals surface area contributed by atoms with Crippen molar-refractivity contribution in [2.24, 2.45) is 17.3 Å². The zero-order valence-corrected chi connectivity index (χ0v) is 32.1. The van der Waals surface area contributed by atoms with Crippen molar-refractivity contribution in [1.82, 2.24) is 19.3 Å². The number of aryl methyl sites for hydroxylation is 2. The Bertz CT molecular complexity index is 2200. The molecule has 7 rings (SSSR count). The first kappa shape index (κ1) is 34.7. The largest absolute Gasteiger partial charge is 2.00 e. The average Bonchev–Trinajstić information content (AvgIpc) is 3.53. The van der Waals surface area contributed by atoms with Gasteiger partial charge in [-0.25, -0.2) is 4.98 Å². The van der Waals surface area contributed by atoms with Crippen LogP contribution in [0, 0.1) is 50.2 Å². The number of hydrogen-bond donors (Lipinski definition) is 0. The van der Waals surface area contributed by atoms with Crippen LogP contribution in [-0.2, 0) is 21.1 Å². The van der Waals surface area contributed by atoms with Gasteiger partial charge in [-0.05, 0) is 67.6 Å². The van der Waals surface area contributed by atoms with Gasteiger partial charge in [0.15, 0.2) is 0 Å². The molecule has 254 valence electrons. The first-order valence-corrected chi connectivity index (χ1v) is 16.9. The van der Waals surface area contributed by atoms with E-state index in [-0.39, 0.29) is 26.5 Å². The van der Waals surface area contributed by atoms with Crippen molar-refractivity contribution >= 4 is 21.8 Å². The third-order valence-corrected chi connectivity index (χ3v) is 10.1. The molecule has 3 heterocycles. The molecule has 0 radical (unpaired) electrons. The van der Waals surface area contributed by atoms with Gasteiger partial charge in [0.1, 0.15) is 11.6 Å². The number of allylic oxidation sites excluding steroid dienone is 2. The van der Waals surface area contributed by atoms with E-state index in [1.807, 2.05) is 35.0 Å². The average molecular weight is 832 g/mol. The number of fused-ring (bicyclic) bond motifs is 3. The first-order valence-electron chi connectivity index (χ1n) is 16.9. The van der Waals surface area contributed by atoms with Crippen LogP contribution in [0.25, 0.3) is 33.3 Å². The summed E-state index contributed by atoms with van der Waals surface area (Å²) in [7, 11) is 1.67. The summed E-state index contributed by atoms with van der Waals surface area (Å²) in [5.74, 6) is 4.17. The van der Waals surface area contributed by atoms with E-state index in [0.717, 1.165) is 56.0 Å². The van der Waals surface area contributed by atoms with Crippen LogP contribution in [-0.4, -0.2) is 26.4 Å². The van der Waals surface area contributed by atoms with E-state index in [9.17, 15) is 0 Å². The number of nitrogens with zero attached hydrogens (tertiary/aromatic N) is 4. The molecule has 3 atom stereocenters. The Kier molecular flexibility index (Phi) is 9.41. The van der Waals surface area contributed by atoms with E-state index in [1.165, 1.54) is 17.6 Å². The Morgan fingerprint density at radius 3 is 2.41 bits per heavy atom. The van der Waals surface area contributed by atoms with Gasteiger partial charge in [0, 0.05) is 46.5 Å². The second-order valence-corrected chi connectivity index (χ2v) is 14.6. The van der Waals surface area contributed by atoms with Crippen LogP contribution < -0.4 is 9.47 Å². The number of hydrogen-bond acceptors (Lipinski definition) is 4. The molecule has 0 amide bonds. The molecule has 3 aromatic carbocycles. The molecule has 0 N–H and O–H groups in total. The topological polar surface area (TPSA) is 54.1 Å². The maximum atomic E-state index is 6.51. The molecule has 49 heavy (non-hydrogen) atoms. The molecule has 0 bridgehead atoms. The van der Waals surface area contributed by atoms with Crippen molar-refractivity contribution < 1.29 is 30.5 Å². The number of pyridine rings is 1. The molecule has 0 aliphatic heterocycles. The van der Waals surface area contributed by atoms with Crippen LogP contribution in [0.3, 0.4) is 0 Å². The number of methoxy groups -OCH3 is 1. The monoisotopic (exact) mass is 831 g/mol. The van der Waals surface area contributed by atoms with E-state index >= 15 is 0 Å². The Hall–Kier alpha value is -4.15. The van der Waals surface area contributed by atoms with Crippen LogP contribution in [0.4, 0.5) is 0 Å². The van der Waals surface area contributed by atoms with Gasteiger partial charge in [-0.2, -0.15) is 16.7 Å². The van der Waals surface area contributed by atoms with Gasteiger partial charge < -0.3 is 14.0 Å². The fourth-order valence-electron chi connectivity index (χ4n) is 7.70. The number of benzene rings is 3. The fraction of sp³-hybridized carbons (Fsp3) is 0.333. The molecule has 0 saturated carbocycles.